The van der Waals surface area contributed by atoms with Crippen LogP contribution in [0.15, 0.2) is 35.2 Å². The van der Waals surface area contributed by atoms with Crippen LogP contribution >= 0.6 is 22.9 Å². The second kappa shape index (κ2) is 4.44. The lowest BCUT2D eigenvalue weighted by Crippen LogP contribution is -1.94. The summed E-state index contributed by atoms with van der Waals surface area (Å²) in [4.78, 5) is 3.92. The van der Waals surface area contributed by atoms with Gasteiger partial charge in [-0.15, -0.1) is 0 Å². The summed E-state index contributed by atoms with van der Waals surface area (Å²) >= 11 is 7.48. The van der Waals surface area contributed by atoms with Gasteiger partial charge in [0.15, 0.2) is 10.9 Å². The summed E-state index contributed by atoms with van der Waals surface area (Å²) in [5.74, 6) is 0.625. The molecule has 2 nitrogen and oxygen atoms in total. The van der Waals surface area contributed by atoms with E-state index in [0.29, 0.717) is 17.5 Å². The third-order valence-corrected chi connectivity index (χ3v) is 2.72. The smallest absolute Gasteiger partial charge is 0.171 e. The van der Waals surface area contributed by atoms with E-state index in [4.69, 9.17) is 16.3 Å². The molecule has 2 heterocycles. The van der Waals surface area contributed by atoms with Crippen LogP contribution in [-0.2, 0) is 6.61 Å². The molecule has 0 radical (unpaired) electrons. The Bertz CT molecular complexity index is 402. The molecule has 0 N–H and O–H groups in total. The molecule has 0 amide bonds. The van der Waals surface area contributed by atoms with E-state index in [-0.39, 0.29) is 0 Å². The predicted molar refractivity (Wildman–Crippen MR) is 57.9 cm³/mol. The molecule has 14 heavy (non-hydrogen) atoms. The molecular formula is C10H8ClNOS. The minimum atomic E-state index is 0.405. The van der Waals surface area contributed by atoms with E-state index in [1.165, 1.54) is 0 Å². The van der Waals surface area contributed by atoms with Crippen molar-refractivity contribution >= 4 is 22.9 Å². The van der Waals surface area contributed by atoms with Crippen molar-refractivity contribution in [1.82, 2.24) is 4.98 Å². The quantitative estimate of drug-likeness (QED) is 0.748. The van der Waals surface area contributed by atoms with E-state index in [1.54, 1.807) is 23.6 Å². The highest BCUT2D eigenvalue weighted by molar-refractivity contribution is 7.07. The largest absolute Gasteiger partial charge is 0.486 e. The van der Waals surface area contributed by atoms with Crippen molar-refractivity contribution in [2.24, 2.45) is 0 Å². The maximum Gasteiger partial charge on any atom is 0.171 e. The summed E-state index contributed by atoms with van der Waals surface area (Å²) in [6.07, 6.45) is 1.64. The minimum absolute atomic E-state index is 0.405. The normalized spacial score (nSPS) is 10.1. The number of aromatic nitrogens is 1. The fourth-order valence-corrected chi connectivity index (χ4v) is 1.84. The van der Waals surface area contributed by atoms with Gasteiger partial charge in [0.05, 0.1) is 0 Å². The standard InChI is InChI=1S/C10H8ClNOS/c11-10-9(2-1-4-12-10)13-6-8-3-5-14-7-8/h1-5,7H,6H2. The highest BCUT2D eigenvalue weighted by Crippen LogP contribution is 2.21. The molecule has 0 spiro atoms. The maximum atomic E-state index is 5.83. The van der Waals surface area contributed by atoms with E-state index >= 15 is 0 Å². The SMILES string of the molecule is Clc1ncccc1OCc1ccsc1. The average molecular weight is 226 g/mol. The van der Waals surface area contributed by atoms with Crippen LogP contribution in [0.2, 0.25) is 5.15 Å². The van der Waals surface area contributed by atoms with Crippen LogP contribution in [0, 0.1) is 0 Å². The molecule has 72 valence electrons. The number of rotatable bonds is 3. The van der Waals surface area contributed by atoms with E-state index in [9.17, 15) is 0 Å². The van der Waals surface area contributed by atoms with Gasteiger partial charge in [0.1, 0.15) is 6.61 Å². The lowest BCUT2D eigenvalue weighted by molar-refractivity contribution is 0.305. The maximum absolute atomic E-state index is 5.83. The van der Waals surface area contributed by atoms with Gasteiger partial charge >= 0.3 is 0 Å². The molecule has 0 aromatic carbocycles. The Morgan fingerprint density at radius 3 is 3.07 bits per heavy atom. The third-order valence-electron chi connectivity index (χ3n) is 1.70. The first kappa shape index (κ1) is 9.49. The number of hydrogen-bond donors (Lipinski definition) is 0. The number of halogens is 1. The van der Waals surface area contributed by atoms with Crippen LogP contribution in [0.4, 0.5) is 0 Å². The summed E-state index contributed by atoms with van der Waals surface area (Å²) in [6.45, 7) is 0.537. The van der Waals surface area contributed by atoms with Gasteiger partial charge in [0.2, 0.25) is 0 Å². The first-order valence-electron chi connectivity index (χ1n) is 4.10. The average Bonchev–Trinajstić information content (AvgIpc) is 2.69. The van der Waals surface area contributed by atoms with Crippen molar-refractivity contribution in [3.63, 3.8) is 0 Å². The molecular weight excluding hydrogens is 218 g/mol. The Morgan fingerprint density at radius 2 is 2.36 bits per heavy atom. The topological polar surface area (TPSA) is 22.1 Å². The number of hydrogen-bond acceptors (Lipinski definition) is 3. The third kappa shape index (κ3) is 2.25. The van der Waals surface area contributed by atoms with Crippen molar-refractivity contribution in [2.45, 2.75) is 6.61 Å². The Balaban J connectivity index is 2.02. The van der Waals surface area contributed by atoms with Crippen LogP contribution in [0.25, 0.3) is 0 Å². The fourth-order valence-electron chi connectivity index (χ4n) is 1.01. The van der Waals surface area contributed by atoms with Gasteiger partial charge in [-0.2, -0.15) is 11.3 Å². The number of nitrogens with zero attached hydrogens (tertiary/aromatic N) is 1. The molecule has 0 bridgehead atoms. The second-order valence-corrected chi connectivity index (χ2v) is 3.85. The Labute approximate surface area is 91.1 Å². The number of pyridine rings is 1. The van der Waals surface area contributed by atoms with Crippen LogP contribution in [0.5, 0.6) is 5.75 Å². The fraction of sp³-hybridized carbons (Fsp3) is 0.100. The monoisotopic (exact) mass is 225 g/mol. The van der Waals surface area contributed by atoms with Gasteiger partial charge in [0.25, 0.3) is 0 Å². The van der Waals surface area contributed by atoms with Crippen molar-refractivity contribution in [2.75, 3.05) is 0 Å². The summed E-state index contributed by atoms with van der Waals surface area (Å²) < 4.78 is 5.49. The highest BCUT2D eigenvalue weighted by Gasteiger charge is 2.01. The van der Waals surface area contributed by atoms with Crippen molar-refractivity contribution < 1.29 is 4.74 Å². The molecule has 0 unspecified atom stereocenters. The Hall–Kier alpha value is -1.06. The summed E-state index contributed by atoms with van der Waals surface area (Å²) in [7, 11) is 0. The van der Waals surface area contributed by atoms with Gasteiger partial charge in [-0.1, -0.05) is 11.6 Å². The van der Waals surface area contributed by atoms with Gasteiger partial charge in [-0.25, -0.2) is 4.98 Å². The predicted octanol–water partition coefficient (Wildman–Crippen LogP) is 3.38. The van der Waals surface area contributed by atoms with E-state index < -0.39 is 0 Å². The van der Waals surface area contributed by atoms with E-state index in [1.807, 2.05) is 22.9 Å². The molecule has 0 saturated carbocycles. The van der Waals surface area contributed by atoms with Gasteiger partial charge in [-0.3, -0.25) is 0 Å². The van der Waals surface area contributed by atoms with E-state index in [2.05, 4.69) is 4.98 Å². The first-order valence-corrected chi connectivity index (χ1v) is 5.43. The van der Waals surface area contributed by atoms with Gasteiger partial charge < -0.3 is 4.74 Å². The first-order chi connectivity index (χ1) is 6.86. The molecule has 2 rings (SSSR count). The number of ether oxygens (including phenoxy) is 1. The highest BCUT2D eigenvalue weighted by atomic mass is 35.5. The van der Waals surface area contributed by atoms with Crippen LogP contribution < -0.4 is 4.74 Å². The Morgan fingerprint density at radius 1 is 1.43 bits per heavy atom. The summed E-state index contributed by atoms with van der Waals surface area (Å²) in [5, 5.41) is 4.47. The van der Waals surface area contributed by atoms with E-state index in [0.717, 1.165) is 5.56 Å². The van der Waals surface area contributed by atoms with Crippen LogP contribution in [-0.4, -0.2) is 4.98 Å². The van der Waals surface area contributed by atoms with Gasteiger partial charge in [-0.05, 0) is 34.5 Å². The minimum Gasteiger partial charge on any atom is -0.486 e. The Kier molecular flexibility index (Phi) is 3.01. The summed E-state index contributed by atoms with van der Waals surface area (Å²) in [5.41, 5.74) is 1.15. The zero-order valence-corrected chi connectivity index (χ0v) is 8.89. The van der Waals surface area contributed by atoms with Crippen molar-refractivity contribution in [3.8, 4) is 5.75 Å². The lowest BCUT2D eigenvalue weighted by atomic mass is 10.4. The zero-order chi connectivity index (χ0) is 9.80. The molecule has 4 heteroatoms. The molecule has 0 saturated heterocycles. The van der Waals surface area contributed by atoms with Crippen LogP contribution in [0.1, 0.15) is 5.56 Å². The zero-order valence-electron chi connectivity index (χ0n) is 7.31. The summed E-state index contributed by atoms with van der Waals surface area (Å²) in [6, 6.07) is 5.63. The molecule has 2 aromatic heterocycles. The molecule has 0 atom stereocenters. The molecule has 0 fully saturated rings. The molecule has 2 aromatic rings. The molecule has 0 aliphatic heterocycles. The number of thiophene rings is 1. The molecule has 0 aliphatic rings. The van der Waals surface area contributed by atoms with Gasteiger partial charge in [0, 0.05) is 6.20 Å². The molecule has 0 aliphatic carbocycles. The lowest BCUT2D eigenvalue weighted by Gasteiger charge is -2.04. The van der Waals surface area contributed by atoms with Crippen molar-refractivity contribution in [3.05, 3.63) is 45.9 Å². The van der Waals surface area contributed by atoms with Crippen LogP contribution in [0.3, 0.4) is 0 Å². The second-order valence-electron chi connectivity index (χ2n) is 2.71. The van der Waals surface area contributed by atoms with Crippen molar-refractivity contribution in [1.29, 1.82) is 0 Å².